The zero-order chi connectivity index (χ0) is 27.2. The van der Waals surface area contributed by atoms with Gasteiger partial charge in [-0.2, -0.15) is 0 Å². The van der Waals surface area contributed by atoms with Crippen molar-refractivity contribution in [2.75, 3.05) is 30.4 Å². The number of carbonyl (C=O) groups is 1. The highest BCUT2D eigenvalue weighted by molar-refractivity contribution is 6.18. The van der Waals surface area contributed by atoms with Gasteiger partial charge in [0.2, 0.25) is 5.43 Å². The average Bonchev–Trinajstić information content (AvgIpc) is 3.37. The highest BCUT2D eigenvalue weighted by Crippen LogP contribution is 2.55. The number of aryl methyl sites for hydroxylation is 1. The van der Waals surface area contributed by atoms with E-state index in [0.717, 1.165) is 38.4 Å². The number of aromatic nitrogens is 4. The molecule has 11 heteroatoms. The number of aromatic carboxylic acids is 1. The normalized spacial score (nSPS) is 16.2. The molecule has 2 fully saturated rings. The maximum absolute atomic E-state index is 15.5. The van der Waals surface area contributed by atoms with Gasteiger partial charge in [-0.1, -0.05) is 0 Å². The van der Waals surface area contributed by atoms with Crippen LogP contribution in [0, 0.1) is 17.0 Å². The predicted octanol–water partition coefficient (Wildman–Crippen LogP) is 4.64. The molecule has 0 atom stereocenters. The second-order valence-electron chi connectivity index (χ2n) is 10.6. The fourth-order valence-corrected chi connectivity index (χ4v) is 6.05. The van der Waals surface area contributed by atoms with Crippen LogP contribution < -0.4 is 15.6 Å². The van der Waals surface area contributed by atoms with Crippen molar-refractivity contribution in [2.45, 2.75) is 19.3 Å². The largest absolute Gasteiger partial charge is 0.477 e. The van der Waals surface area contributed by atoms with E-state index in [9.17, 15) is 19.1 Å². The third-order valence-electron chi connectivity index (χ3n) is 8.30. The summed E-state index contributed by atoms with van der Waals surface area (Å²) in [7, 11) is 3.27. The Bertz CT molecular complexity index is 1940. The van der Waals surface area contributed by atoms with Crippen LogP contribution in [0.15, 0.2) is 35.5 Å². The number of fused-ring (bicyclic) bond motifs is 4. The average molecular weight is 531 g/mol. The van der Waals surface area contributed by atoms with Gasteiger partial charge in [0.05, 0.1) is 33.1 Å². The Morgan fingerprint density at radius 3 is 2.64 bits per heavy atom. The predicted molar refractivity (Wildman–Crippen MR) is 144 cm³/mol. The number of aromatic amines is 1. The monoisotopic (exact) mass is 530 g/mol. The fourth-order valence-electron chi connectivity index (χ4n) is 6.05. The van der Waals surface area contributed by atoms with Gasteiger partial charge in [-0.15, -0.1) is 0 Å². The zero-order valence-corrected chi connectivity index (χ0v) is 21.2. The first kappa shape index (κ1) is 23.6. The van der Waals surface area contributed by atoms with E-state index in [0.29, 0.717) is 44.7 Å². The van der Waals surface area contributed by atoms with Crippen LogP contribution in [0.4, 0.5) is 20.2 Å². The SMILES string of the molecule is CNc1cc(F)c(F)c2c1[nH]c1ncc(-c3cnc4c(c3)c(=O)c(C(=O)O)cn4C)c(N3CCC4(CC4)C3)c12. The lowest BCUT2D eigenvalue weighted by Crippen LogP contribution is -2.21. The highest BCUT2D eigenvalue weighted by atomic mass is 19.2. The second kappa shape index (κ2) is 7.98. The smallest absolute Gasteiger partial charge is 0.341 e. The van der Waals surface area contributed by atoms with Crippen LogP contribution in [0.1, 0.15) is 29.6 Å². The van der Waals surface area contributed by atoms with Gasteiger partial charge in [0.1, 0.15) is 16.9 Å². The minimum atomic E-state index is -1.32. The van der Waals surface area contributed by atoms with E-state index in [-0.39, 0.29) is 21.8 Å². The Morgan fingerprint density at radius 1 is 1.15 bits per heavy atom. The Hall–Kier alpha value is -4.54. The van der Waals surface area contributed by atoms with Gasteiger partial charge in [0, 0.05) is 63.0 Å². The minimum Gasteiger partial charge on any atom is -0.477 e. The molecule has 0 unspecified atom stereocenters. The van der Waals surface area contributed by atoms with Crippen molar-refractivity contribution in [1.82, 2.24) is 19.5 Å². The molecule has 1 aliphatic heterocycles. The van der Waals surface area contributed by atoms with Crippen molar-refractivity contribution in [1.29, 1.82) is 0 Å². The van der Waals surface area contributed by atoms with Crippen LogP contribution in [0.3, 0.4) is 0 Å². The third-order valence-corrected chi connectivity index (χ3v) is 8.30. The number of nitrogens with one attached hydrogen (secondary N) is 2. The number of pyridine rings is 3. The highest BCUT2D eigenvalue weighted by Gasteiger charge is 2.48. The van der Waals surface area contributed by atoms with Gasteiger partial charge in [-0.05, 0) is 30.7 Å². The van der Waals surface area contributed by atoms with Crippen molar-refractivity contribution in [3.05, 3.63) is 58.1 Å². The molecule has 198 valence electrons. The number of anilines is 2. The molecule has 3 N–H and O–H groups in total. The van der Waals surface area contributed by atoms with E-state index in [1.165, 1.54) is 10.8 Å². The molecule has 1 aromatic carbocycles. The standard InChI is InChI=1S/C28H24F2N6O3/c1-31-18-8-17(29)21(30)19-20-23(36-6-5-28(12-36)3-4-28)15(10-32-25(20)34-22(18)19)13-7-14-24(37)16(27(38)39)11-35(2)26(14)33-9-13/h7-11,31H,3-6,12H2,1-2H3,(H,32,34)(H,38,39). The molecule has 2 aliphatic rings. The molecular weight excluding hydrogens is 506 g/mol. The summed E-state index contributed by atoms with van der Waals surface area (Å²) in [5, 5.41) is 13.2. The summed E-state index contributed by atoms with van der Waals surface area (Å²) in [6.07, 6.45) is 7.74. The number of hydrogen-bond donors (Lipinski definition) is 3. The summed E-state index contributed by atoms with van der Waals surface area (Å²) in [6, 6.07) is 2.73. The van der Waals surface area contributed by atoms with E-state index >= 15 is 4.39 Å². The first-order valence-corrected chi connectivity index (χ1v) is 12.7. The quantitative estimate of drug-likeness (QED) is 0.310. The summed E-state index contributed by atoms with van der Waals surface area (Å²) in [4.78, 5) is 39.2. The number of carboxylic acids is 1. The van der Waals surface area contributed by atoms with E-state index in [1.807, 2.05) is 0 Å². The van der Waals surface area contributed by atoms with Crippen LogP contribution in [0.2, 0.25) is 0 Å². The van der Waals surface area contributed by atoms with Crippen LogP contribution in [0.25, 0.3) is 44.1 Å². The van der Waals surface area contributed by atoms with Crippen LogP contribution in [0.5, 0.6) is 0 Å². The Labute approximate surface area is 220 Å². The molecule has 0 bridgehead atoms. The molecule has 1 saturated heterocycles. The van der Waals surface area contributed by atoms with Gasteiger partial charge >= 0.3 is 5.97 Å². The lowest BCUT2D eigenvalue weighted by molar-refractivity contribution is 0.0695. The molecule has 39 heavy (non-hydrogen) atoms. The summed E-state index contributed by atoms with van der Waals surface area (Å²) >= 11 is 0. The molecule has 0 amide bonds. The van der Waals surface area contributed by atoms with E-state index in [1.54, 1.807) is 32.6 Å². The van der Waals surface area contributed by atoms with Crippen LogP contribution in [-0.2, 0) is 7.05 Å². The lowest BCUT2D eigenvalue weighted by Gasteiger charge is -2.23. The minimum absolute atomic E-state index is 0.105. The number of H-pyrrole nitrogens is 1. The fraction of sp³-hybridized carbons (Fsp3) is 0.286. The maximum atomic E-state index is 15.5. The molecule has 0 radical (unpaired) electrons. The lowest BCUT2D eigenvalue weighted by atomic mass is 10.0. The maximum Gasteiger partial charge on any atom is 0.341 e. The van der Waals surface area contributed by atoms with Crippen molar-refractivity contribution in [2.24, 2.45) is 12.5 Å². The Kier molecular flexibility index (Phi) is 4.82. The number of rotatable bonds is 4. The van der Waals surface area contributed by atoms with Crippen molar-refractivity contribution in [3.63, 3.8) is 0 Å². The van der Waals surface area contributed by atoms with E-state index < -0.39 is 23.0 Å². The molecule has 1 spiro atoms. The number of nitrogens with zero attached hydrogens (tertiary/aromatic N) is 4. The summed E-state index contributed by atoms with van der Waals surface area (Å²) in [5.41, 5.74) is 2.62. The first-order chi connectivity index (χ1) is 18.7. The number of hydrogen-bond acceptors (Lipinski definition) is 6. The molecule has 5 heterocycles. The molecule has 1 aliphatic carbocycles. The van der Waals surface area contributed by atoms with Gasteiger partial charge in [-0.25, -0.2) is 23.5 Å². The van der Waals surface area contributed by atoms with E-state index in [2.05, 4.69) is 25.2 Å². The molecule has 1 saturated carbocycles. The molecule has 5 aromatic rings. The Morgan fingerprint density at radius 2 is 1.95 bits per heavy atom. The molecular formula is C28H24F2N6O3. The topological polar surface area (TPSA) is 116 Å². The number of carboxylic acid groups (broad SMARTS) is 1. The van der Waals surface area contributed by atoms with Crippen LogP contribution >= 0.6 is 0 Å². The second-order valence-corrected chi connectivity index (χ2v) is 10.6. The first-order valence-electron chi connectivity index (χ1n) is 12.7. The van der Waals surface area contributed by atoms with Gasteiger partial charge in [-0.3, -0.25) is 4.79 Å². The zero-order valence-electron chi connectivity index (χ0n) is 21.2. The molecule has 7 rings (SSSR count). The van der Waals surface area contributed by atoms with Crippen LogP contribution in [-0.4, -0.2) is 50.7 Å². The van der Waals surface area contributed by atoms with Gasteiger partial charge in [0.25, 0.3) is 0 Å². The van der Waals surface area contributed by atoms with Crippen molar-refractivity contribution in [3.8, 4) is 11.1 Å². The Balaban J connectivity index is 1.56. The molecule has 4 aromatic heterocycles. The number of benzene rings is 1. The summed E-state index contributed by atoms with van der Waals surface area (Å²) < 4.78 is 31.8. The van der Waals surface area contributed by atoms with Crippen molar-refractivity contribution < 1.29 is 18.7 Å². The summed E-state index contributed by atoms with van der Waals surface area (Å²) in [5.74, 6) is -3.26. The van der Waals surface area contributed by atoms with Gasteiger partial charge < -0.3 is 24.9 Å². The van der Waals surface area contributed by atoms with Gasteiger partial charge in [0.15, 0.2) is 11.6 Å². The van der Waals surface area contributed by atoms with E-state index in [4.69, 9.17) is 0 Å². The third kappa shape index (κ3) is 3.35. The van der Waals surface area contributed by atoms with Crippen molar-refractivity contribution >= 4 is 50.3 Å². The molecule has 9 nitrogen and oxygen atoms in total. The number of halogens is 2. The summed E-state index contributed by atoms with van der Waals surface area (Å²) in [6.45, 7) is 1.51.